The normalized spacial score (nSPS) is 15.0. The Hall–Kier alpha value is -3.21. The van der Waals surface area contributed by atoms with Gasteiger partial charge < -0.3 is 10.6 Å². The number of nitrogens with zero attached hydrogens (tertiary/aromatic N) is 1. The van der Waals surface area contributed by atoms with E-state index in [1.165, 1.54) is 5.56 Å². The van der Waals surface area contributed by atoms with E-state index >= 15 is 0 Å². The van der Waals surface area contributed by atoms with E-state index in [1.807, 2.05) is 54.6 Å². The van der Waals surface area contributed by atoms with Crippen molar-refractivity contribution in [3.8, 4) is 0 Å². The first-order valence-electron chi connectivity index (χ1n) is 9.87. The lowest BCUT2D eigenvalue weighted by Gasteiger charge is -2.20. The highest BCUT2D eigenvalue weighted by atomic mass is 16.2. The van der Waals surface area contributed by atoms with Gasteiger partial charge in [-0.1, -0.05) is 51.1 Å². The largest absolute Gasteiger partial charge is 0.325 e. The molecule has 1 heterocycles. The summed E-state index contributed by atoms with van der Waals surface area (Å²) in [4.78, 5) is 30.2. The number of carbonyl (C=O) groups is 2. The van der Waals surface area contributed by atoms with Gasteiger partial charge in [0.25, 0.3) is 0 Å². The van der Waals surface area contributed by atoms with Crippen molar-refractivity contribution in [3.05, 3.63) is 66.4 Å². The average Bonchev–Trinajstić information content (AvgIpc) is 3.50. The topological polar surface area (TPSA) is 71.1 Å². The number of hydrogen-bond acceptors (Lipinski definition) is 3. The molecular weight excluding hydrogens is 362 g/mol. The molecule has 0 unspecified atom stereocenters. The third-order valence-electron chi connectivity index (χ3n) is 5.51. The van der Waals surface area contributed by atoms with E-state index in [1.54, 1.807) is 6.20 Å². The zero-order chi connectivity index (χ0) is 20.6. The van der Waals surface area contributed by atoms with Crippen LogP contribution < -0.4 is 10.6 Å². The Labute approximate surface area is 170 Å². The van der Waals surface area contributed by atoms with Gasteiger partial charge in [0.1, 0.15) is 5.41 Å². The maximum atomic E-state index is 13.0. The van der Waals surface area contributed by atoms with Gasteiger partial charge in [-0.2, -0.15) is 0 Å². The molecule has 0 bridgehead atoms. The van der Waals surface area contributed by atoms with Crippen LogP contribution in [0.25, 0.3) is 10.9 Å². The molecule has 5 nitrogen and oxygen atoms in total. The van der Waals surface area contributed by atoms with Crippen molar-refractivity contribution in [2.45, 2.75) is 39.0 Å². The third kappa shape index (κ3) is 3.73. The number of rotatable bonds is 4. The molecule has 0 saturated heterocycles. The number of pyridine rings is 1. The molecule has 3 aromatic rings. The number of amides is 2. The van der Waals surface area contributed by atoms with Crippen LogP contribution in [-0.2, 0) is 15.0 Å². The fourth-order valence-electron chi connectivity index (χ4n) is 3.43. The molecule has 148 valence electrons. The van der Waals surface area contributed by atoms with E-state index < -0.39 is 5.41 Å². The van der Waals surface area contributed by atoms with Crippen molar-refractivity contribution < 1.29 is 9.59 Å². The number of fused-ring (bicyclic) bond motifs is 1. The summed E-state index contributed by atoms with van der Waals surface area (Å²) in [5.74, 6) is -0.536. The molecule has 1 saturated carbocycles. The van der Waals surface area contributed by atoms with Gasteiger partial charge in [-0.25, -0.2) is 0 Å². The van der Waals surface area contributed by atoms with Crippen LogP contribution in [0.2, 0.25) is 0 Å². The number of carbonyl (C=O) groups excluding carboxylic acids is 2. The van der Waals surface area contributed by atoms with E-state index in [0.717, 1.165) is 10.9 Å². The van der Waals surface area contributed by atoms with Crippen LogP contribution in [0.1, 0.15) is 39.2 Å². The highest BCUT2D eigenvalue weighted by molar-refractivity contribution is 6.18. The van der Waals surface area contributed by atoms with Crippen molar-refractivity contribution in [1.29, 1.82) is 0 Å². The number of anilines is 2. The van der Waals surface area contributed by atoms with Gasteiger partial charge in [-0.05, 0) is 48.1 Å². The molecule has 0 spiro atoms. The highest BCUT2D eigenvalue weighted by Crippen LogP contribution is 2.47. The lowest BCUT2D eigenvalue weighted by atomic mass is 9.87. The fourth-order valence-corrected chi connectivity index (χ4v) is 3.43. The minimum absolute atomic E-state index is 0.0482. The molecule has 1 aliphatic rings. The van der Waals surface area contributed by atoms with Crippen LogP contribution in [-0.4, -0.2) is 16.8 Å². The third-order valence-corrected chi connectivity index (χ3v) is 5.51. The van der Waals surface area contributed by atoms with Crippen LogP contribution in [0.3, 0.4) is 0 Å². The second-order valence-corrected chi connectivity index (χ2v) is 8.70. The molecule has 0 aliphatic heterocycles. The molecule has 5 heteroatoms. The summed E-state index contributed by atoms with van der Waals surface area (Å²) in [5, 5.41) is 6.78. The lowest BCUT2D eigenvalue weighted by molar-refractivity contribution is -0.131. The molecule has 0 atom stereocenters. The smallest absolute Gasteiger partial charge is 0.240 e. The maximum absolute atomic E-state index is 13.0. The Balaban J connectivity index is 1.49. The Morgan fingerprint density at radius 2 is 1.55 bits per heavy atom. The predicted octanol–water partition coefficient (Wildman–Crippen LogP) is 4.89. The first-order valence-corrected chi connectivity index (χ1v) is 9.87. The van der Waals surface area contributed by atoms with Gasteiger partial charge in [-0.15, -0.1) is 0 Å². The molecule has 1 aliphatic carbocycles. The second-order valence-electron chi connectivity index (χ2n) is 8.70. The van der Waals surface area contributed by atoms with E-state index in [9.17, 15) is 9.59 Å². The molecule has 29 heavy (non-hydrogen) atoms. The maximum Gasteiger partial charge on any atom is 0.240 e. The molecular formula is C24H25N3O2. The van der Waals surface area contributed by atoms with Gasteiger partial charge in [0.05, 0.1) is 11.2 Å². The average molecular weight is 387 g/mol. The Morgan fingerprint density at radius 3 is 2.21 bits per heavy atom. The summed E-state index contributed by atoms with van der Waals surface area (Å²) >= 11 is 0. The van der Waals surface area contributed by atoms with Gasteiger partial charge >= 0.3 is 0 Å². The van der Waals surface area contributed by atoms with Crippen LogP contribution in [0.4, 0.5) is 11.4 Å². The van der Waals surface area contributed by atoms with Gasteiger partial charge in [-0.3, -0.25) is 14.6 Å². The van der Waals surface area contributed by atoms with Crippen LogP contribution in [0.5, 0.6) is 0 Å². The van der Waals surface area contributed by atoms with Crippen molar-refractivity contribution in [2.24, 2.45) is 5.41 Å². The number of hydrogen-bond donors (Lipinski definition) is 2. The zero-order valence-corrected chi connectivity index (χ0v) is 17.0. The molecule has 2 N–H and O–H groups in total. The molecule has 2 aromatic carbocycles. The minimum atomic E-state index is -1.01. The van der Waals surface area contributed by atoms with Crippen molar-refractivity contribution in [1.82, 2.24) is 4.98 Å². The van der Waals surface area contributed by atoms with E-state index in [2.05, 4.69) is 36.4 Å². The van der Waals surface area contributed by atoms with E-state index in [4.69, 9.17) is 0 Å². The molecule has 0 radical (unpaired) electrons. The van der Waals surface area contributed by atoms with Gasteiger partial charge in [0.2, 0.25) is 11.8 Å². The summed E-state index contributed by atoms with van der Waals surface area (Å²) < 4.78 is 0. The summed E-state index contributed by atoms with van der Waals surface area (Å²) in [7, 11) is 0. The quantitative estimate of drug-likeness (QED) is 0.626. The Kier molecular flexibility index (Phi) is 4.61. The summed E-state index contributed by atoms with van der Waals surface area (Å²) in [5.41, 5.74) is 2.28. The molecule has 2 amide bonds. The lowest BCUT2D eigenvalue weighted by Crippen LogP contribution is -2.35. The highest BCUT2D eigenvalue weighted by Gasteiger charge is 2.56. The molecule has 1 fully saturated rings. The number of aromatic nitrogens is 1. The number of benzene rings is 2. The second kappa shape index (κ2) is 6.99. The monoisotopic (exact) mass is 387 g/mol. The Bertz CT molecular complexity index is 1070. The SMILES string of the molecule is CC(C)(C)c1ccc(NC(=O)C2(C(=O)Nc3cccc4cccnc34)CC2)cc1. The van der Waals surface area contributed by atoms with Crippen molar-refractivity contribution >= 4 is 34.1 Å². The zero-order valence-electron chi connectivity index (χ0n) is 17.0. The van der Waals surface area contributed by atoms with Gasteiger partial charge in [0, 0.05) is 17.3 Å². The first kappa shape index (κ1) is 19.1. The number of nitrogens with one attached hydrogen (secondary N) is 2. The summed E-state index contributed by atoms with van der Waals surface area (Å²) in [6.07, 6.45) is 2.78. The molecule has 4 rings (SSSR count). The standard InChI is InChI=1S/C24H25N3O2/c1-23(2,3)17-9-11-18(12-10-17)26-21(28)24(13-14-24)22(29)27-19-8-4-6-16-7-5-15-25-20(16)19/h4-12,15H,13-14H2,1-3H3,(H,26,28)(H,27,29). The van der Waals surface area contributed by atoms with Gasteiger partial charge in [0.15, 0.2) is 0 Å². The van der Waals surface area contributed by atoms with Crippen molar-refractivity contribution in [3.63, 3.8) is 0 Å². The first-order chi connectivity index (χ1) is 13.8. The number of para-hydroxylation sites is 1. The fraction of sp³-hybridized carbons (Fsp3) is 0.292. The van der Waals surface area contributed by atoms with E-state index in [-0.39, 0.29) is 17.2 Å². The summed E-state index contributed by atoms with van der Waals surface area (Å²) in [6.45, 7) is 6.44. The Morgan fingerprint density at radius 1 is 0.897 bits per heavy atom. The minimum Gasteiger partial charge on any atom is -0.325 e. The predicted molar refractivity (Wildman–Crippen MR) is 116 cm³/mol. The van der Waals surface area contributed by atoms with Crippen LogP contribution in [0, 0.1) is 5.41 Å². The molecule has 1 aromatic heterocycles. The van der Waals surface area contributed by atoms with E-state index in [0.29, 0.717) is 24.2 Å². The van der Waals surface area contributed by atoms with Crippen LogP contribution in [0.15, 0.2) is 60.8 Å². The summed E-state index contributed by atoms with van der Waals surface area (Å²) in [6, 6.07) is 17.2. The van der Waals surface area contributed by atoms with Crippen molar-refractivity contribution in [2.75, 3.05) is 10.6 Å². The van der Waals surface area contributed by atoms with Crippen LogP contribution >= 0.6 is 0 Å².